The molecule has 2 aliphatic rings. The maximum atomic E-state index is 12.6. The molecule has 0 spiro atoms. The second-order valence-corrected chi connectivity index (χ2v) is 5.82. The predicted molar refractivity (Wildman–Crippen MR) is 71.2 cm³/mol. The van der Waals surface area contributed by atoms with Crippen LogP contribution >= 0.6 is 0 Å². The van der Waals surface area contributed by atoms with Crippen molar-refractivity contribution in [3.05, 3.63) is 18.0 Å². The van der Waals surface area contributed by atoms with Gasteiger partial charge in [-0.25, -0.2) is 4.79 Å². The molecule has 0 radical (unpaired) electrons. The molecule has 20 heavy (non-hydrogen) atoms. The SMILES string of the molecule is Cn1cc(C(=O)N2[C@H](C(=O)O)C[C@@H]3CCCC[C@@H]32)cn1. The number of carbonyl (C=O) groups excluding carboxylic acids is 1. The Kier molecular flexibility index (Phi) is 3.23. The number of hydrogen-bond acceptors (Lipinski definition) is 3. The van der Waals surface area contributed by atoms with Crippen LogP contribution in [0.2, 0.25) is 0 Å². The quantitative estimate of drug-likeness (QED) is 0.883. The van der Waals surface area contributed by atoms with Gasteiger partial charge < -0.3 is 10.0 Å². The Morgan fingerprint density at radius 1 is 1.35 bits per heavy atom. The lowest BCUT2D eigenvalue weighted by atomic mass is 9.84. The van der Waals surface area contributed by atoms with Gasteiger partial charge in [-0.1, -0.05) is 12.8 Å². The van der Waals surface area contributed by atoms with E-state index >= 15 is 0 Å². The minimum atomic E-state index is -0.892. The Morgan fingerprint density at radius 2 is 2.10 bits per heavy atom. The van der Waals surface area contributed by atoms with Gasteiger partial charge >= 0.3 is 5.97 Å². The van der Waals surface area contributed by atoms with E-state index in [1.54, 1.807) is 22.8 Å². The fourth-order valence-corrected chi connectivity index (χ4v) is 3.65. The van der Waals surface area contributed by atoms with Gasteiger partial charge in [0.25, 0.3) is 5.91 Å². The smallest absolute Gasteiger partial charge is 0.326 e. The first-order valence-corrected chi connectivity index (χ1v) is 7.12. The molecule has 1 saturated carbocycles. The minimum absolute atomic E-state index is 0.0811. The highest BCUT2D eigenvalue weighted by Crippen LogP contribution is 2.40. The lowest BCUT2D eigenvalue weighted by Gasteiger charge is -2.32. The monoisotopic (exact) mass is 277 g/mol. The third-order valence-corrected chi connectivity index (χ3v) is 4.56. The van der Waals surface area contributed by atoms with Crippen LogP contribution in [0.3, 0.4) is 0 Å². The summed E-state index contributed by atoms with van der Waals surface area (Å²) >= 11 is 0. The van der Waals surface area contributed by atoms with E-state index in [2.05, 4.69) is 5.10 Å². The fraction of sp³-hybridized carbons (Fsp3) is 0.643. The van der Waals surface area contributed by atoms with Crippen LogP contribution in [-0.4, -0.2) is 43.7 Å². The normalized spacial score (nSPS) is 29.2. The van der Waals surface area contributed by atoms with Crippen molar-refractivity contribution < 1.29 is 14.7 Å². The summed E-state index contributed by atoms with van der Waals surface area (Å²) in [5, 5.41) is 13.4. The van der Waals surface area contributed by atoms with E-state index in [-0.39, 0.29) is 11.9 Å². The van der Waals surface area contributed by atoms with Crippen LogP contribution in [0.25, 0.3) is 0 Å². The summed E-state index contributed by atoms with van der Waals surface area (Å²) in [5.41, 5.74) is 0.477. The van der Waals surface area contributed by atoms with Gasteiger partial charge in [-0.2, -0.15) is 5.10 Å². The maximum absolute atomic E-state index is 12.6. The molecule has 1 aliphatic heterocycles. The summed E-state index contributed by atoms with van der Waals surface area (Å²) in [6.07, 6.45) is 7.92. The number of carboxylic acid groups (broad SMARTS) is 1. The van der Waals surface area contributed by atoms with Crippen LogP contribution in [-0.2, 0) is 11.8 Å². The summed E-state index contributed by atoms with van der Waals surface area (Å²) < 4.78 is 1.57. The second-order valence-electron chi connectivity index (χ2n) is 5.82. The molecule has 6 nitrogen and oxygen atoms in total. The number of nitrogens with zero attached hydrogens (tertiary/aromatic N) is 3. The third-order valence-electron chi connectivity index (χ3n) is 4.56. The molecule has 108 valence electrons. The van der Waals surface area contributed by atoms with Crippen LogP contribution in [0, 0.1) is 5.92 Å². The zero-order valence-corrected chi connectivity index (χ0v) is 11.5. The van der Waals surface area contributed by atoms with Crippen molar-refractivity contribution in [3.8, 4) is 0 Å². The molecular weight excluding hydrogens is 258 g/mol. The Labute approximate surface area is 117 Å². The molecule has 0 unspecified atom stereocenters. The summed E-state index contributed by atoms with van der Waals surface area (Å²) in [4.78, 5) is 25.7. The van der Waals surface area contributed by atoms with E-state index in [1.165, 1.54) is 6.20 Å². The van der Waals surface area contributed by atoms with Crippen molar-refractivity contribution in [2.45, 2.75) is 44.2 Å². The van der Waals surface area contributed by atoms with Gasteiger partial charge in [0.05, 0.1) is 11.8 Å². The summed E-state index contributed by atoms with van der Waals surface area (Å²) in [5.74, 6) is -0.748. The van der Waals surface area contributed by atoms with Crippen LogP contribution in [0.5, 0.6) is 0 Å². The van der Waals surface area contributed by atoms with E-state index in [4.69, 9.17) is 0 Å². The molecule has 3 rings (SSSR count). The van der Waals surface area contributed by atoms with Gasteiger partial charge in [-0.3, -0.25) is 9.48 Å². The number of carbonyl (C=O) groups is 2. The van der Waals surface area contributed by atoms with Crippen molar-refractivity contribution in [2.75, 3.05) is 0 Å². The number of carboxylic acids is 1. The Bertz CT molecular complexity index is 540. The fourth-order valence-electron chi connectivity index (χ4n) is 3.65. The van der Waals surface area contributed by atoms with Gasteiger partial charge in [0.15, 0.2) is 0 Å². The molecular formula is C14H19N3O3. The molecule has 1 aliphatic carbocycles. The number of fused-ring (bicyclic) bond motifs is 1. The van der Waals surface area contributed by atoms with Gasteiger partial charge in [-0.15, -0.1) is 0 Å². The molecule has 0 bridgehead atoms. The summed E-state index contributed by atoms with van der Waals surface area (Å²) in [6.45, 7) is 0. The van der Waals surface area contributed by atoms with Crippen molar-refractivity contribution in [1.82, 2.24) is 14.7 Å². The first-order chi connectivity index (χ1) is 9.58. The highest BCUT2D eigenvalue weighted by molar-refractivity contribution is 5.96. The topological polar surface area (TPSA) is 75.4 Å². The van der Waals surface area contributed by atoms with E-state index in [0.717, 1.165) is 25.7 Å². The molecule has 1 N–H and O–H groups in total. The summed E-state index contributed by atoms with van der Waals surface area (Å²) in [6, 6.07) is -0.603. The highest BCUT2D eigenvalue weighted by Gasteiger charge is 2.47. The number of aromatic nitrogens is 2. The van der Waals surface area contributed by atoms with Crippen LogP contribution in [0.1, 0.15) is 42.5 Å². The Hall–Kier alpha value is -1.85. The minimum Gasteiger partial charge on any atom is -0.480 e. The lowest BCUT2D eigenvalue weighted by molar-refractivity contribution is -0.141. The highest BCUT2D eigenvalue weighted by atomic mass is 16.4. The number of rotatable bonds is 2. The first kappa shape index (κ1) is 13.1. The van der Waals surface area contributed by atoms with Crippen molar-refractivity contribution in [2.24, 2.45) is 13.0 Å². The number of hydrogen-bond donors (Lipinski definition) is 1. The van der Waals surface area contributed by atoms with E-state index < -0.39 is 12.0 Å². The van der Waals surface area contributed by atoms with Crippen LogP contribution in [0.4, 0.5) is 0 Å². The van der Waals surface area contributed by atoms with E-state index in [1.807, 2.05) is 0 Å². The van der Waals surface area contributed by atoms with E-state index in [0.29, 0.717) is 17.9 Å². The molecule has 1 aromatic rings. The zero-order valence-electron chi connectivity index (χ0n) is 11.5. The second kappa shape index (κ2) is 4.92. The van der Waals surface area contributed by atoms with Crippen molar-refractivity contribution in [1.29, 1.82) is 0 Å². The standard InChI is InChI=1S/C14H19N3O3/c1-16-8-10(7-15-16)13(18)17-11-5-3-2-4-9(11)6-12(17)14(19)20/h7-9,11-12H,2-6H2,1H3,(H,19,20)/t9-,11-,12-/m0/s1. The van der Waals surface area contributed by atoms with Crippen LogP contribution < -0.4 is 0 Å². The molecule has 2 fully saturated rings. The van der Waals surface area contributed by atoms with Gasteiger partial charge in [0.1, 0.15) is 6.04 Å². The Balaban J connectivity index is 1.90. The Morgan fingerprint density at radius 3 is 2.75 bits per heavy atom. The number of likely N-dealkylation sites (tertiary alicyclic amines) is 1. The third kappa shape index (κ3) is 2.09. The molecule has 6 heteroatoms. The molecule has 0 aromatic carbocycles. The average Bonchev–Trinajstić information content (AvgIpc) is 3.01. The maximum Gasteiger partial charge on any atom is 0.326 e. The molecule has 1 aromatic heterocycles. The van der Waals surface area contributed by atoms with Gasteiger partial charge in [-0.05, 0) is 25.2 Å². The number of amides is 1. The number of aliphatic carboxylic acids is 1. The number of aryl methyl sites for hydroxylation is 1. The largest absolute Gasteiger partial charge is 0.480 e. The van der Waals surface area contributed by atoms with Crippen LogP contribution in [0.15, 0.2) is 12.4 Å². The van der Waals surface area contributed by atoms with Crippen molar-refractivity contribution in [3.63, 3.8) is 0 Å². The molecule has 1 saturated heterocycles. The molecule has 3 atom stereocenters. The zero-order chi connectivity index (χ0) is 14.3. The van der Waals surface area contributed by atoms with E-state index in [9.17, 15) is 14.7 Å². The first-order valence-electron chi connectivity index (χ1n) is 7.12. The molecule has 2 heterocycles. The average molecular weight is 277 g/mol. The molecule has 1 amide bonds. The lowest BCUT2D eigenvalue weighted by Crippen LogP contribution is -2.46. The van der Waals surface area contributed by atoms with Gasteiger partial charge in [0, 0.05) is 19.3 Å². The van der Waals surface area contributed by atoms with Gasteiger partial charge in [0.2, 0.25) is 0 Å². The predicted octanol–water partition coefficient (Wildman–Crippen LogP) is 1.28. The van der Waals surface area contributed by atoms with Crippen molar-refractivity contribution >= 4 is 11.9 Å². The summed E-state index contributed by atoms with van der Waals surface area (Å²) in [7, 11) is 1.75.